The largest absolute Gasteiger partial charge is 0.272 e. The first kappa shape index (κ1) is 15.8. The first-order chi connectivity index (χ1) is 5.86. The summed E-state index contributed by atoms with van der Waals surface area (Å²) in [5.41, 5.74) is 2.78. The van der Waals surface area contributed by atoms with Gasteiger partial charge in [-0.2, -0.15) is 0 Å². The van der Waals surface area contributed by atoms with Gasteiger partial charge in [0.15, 0.2) is 0 Å². The van der Waals surface area contributed by atoms with Gasteiger partial charge in [-0.3, -0.25) is 4.74 Å². The van der Waals surface area contributed by atoms with E-state index in [9.17, 15) is 0 Å². The molecule has 0 saturated heterocycles. The highest BCUT2D eigenvalue weighted by Gasteiger charge is 1.90. The third kappa shape index (κ3) is 5.14. The summed E-state index contributed by atoms with van der Waals surface area (Å²) in [6, 6.07) is 8.77. The van der Waals surface area contributed by atoms with Crippen LogP contribution in [0.15, 0.2) is 29.0 Å². The van der Waals surface area contributed by atoms with Crippen LogP contribution in [-0.2, 0) is 12.6 Å². The molecule has 0 aliphatic rings. The monoisotopic (exact) mass is 211 g/mol. The number of benzene rings is 1. The Morgan fingerprint density at radius 3 is 2.00 bits per heavy atom. The molecular weight excluding hydrogens is 189 g/mol. The SMILES string of the molecule is C.C.CCc1ccc(CP=NC)cc1. The molecule has 0 saturated carbocycles. The molecule has 2 heteroatoms. The minimum atomic E-state index is 0. The summed E-state index contributed by atoms with van der Waals surface area (Å²) in [6.07, 6.45) is 2.16. The predicted molar refractivity (Wildman–Crippen MR) is 68.3 cm³/mol. The average Bonchev–Trinajstić information content (AvgIpc) is 2.15. The highest BCUT2D eigenvalue weighted by atomic mass is 31.1. The minimum Gasteiger partial charge on any atom is -0.272 e. The highest BCUT2D eigenvalue weighted by Crippen LogP contribution is 2.12. The summed E-state index contributed by atoms with van der Waals surface area (Å²) in [4.78, 5) is 0. The van der Waals surface area contributed by atoms with Crippen molar-refractivity contribution in [1.82, 2.24) is 0 Å². The average molecular weight is 211 g/mol. The molecule has 0 N–H and O–H groups in total. The molecule has 80 valence electrons. The Bertz CT molecular complexity index is 252. The molecule has 14 heavy (non-hydrogen) atoms. The standard InChI is InChI=1S/C10H14NP.2CH4/c1-3-9-4-6-10(7-5-9)8-12-11-2;;/h4-7H,3,8H2,1-2H3;2*1H4. The zero-order chi connectivity index (χ0) is 8.81. The van der Waals surface area contributed by atoms with Crippen molar-refractivity contribution in [3.8, 4) is 0 Å². The lowest BCUT2D eigenvalue weighted by Crippen LogP contribution is -1.81. The van der Waals surface area contributed by atoms with E-state index in [0.29, 0.717) is 0 Å². The van der Waals surface area contributed by atoms with E-state index in [1.165, 1.54) is 11.1 Å². The molecule has 1 aromatic rings. The lowest BCUT2D eigenvalue weighted by atomic mass is 10.1. The van der Waals surface area contributed by atoms with Gasteiger partial charge in [0.2, 0.25) is 0 Å². The molecule has 0 radical (unpaired) electrons. The van der Waals surface area contributed by atoms with Gasteiger partial charge in [-0.05, 0) is 17.5 Å². The van der Waals surface area contributed by atoms with Gasteiger partial charge in [-0.1, -0.05) is 46.0 Å². The fourth-order valence-electron chi connectivity index (χ4n) is 1.03. The van der Waals surface area contributed by atoms with Crippen molar-refractivity contribution < 1.29 is 0 Å². The van der Waals surface area contributed by atoms with Crippen molar-refractivity contribution in [1.29, 1.82) is 0 Å². The number of nitrogens with zero attached hydrogens (tertiary/aromatic N) is 1. The molecule has 0 unspecified atom stereocenters. The quantitative estimate of drug-likeness (QED) is 0.638. The fourth-order valence-corrected chi connectivity index (χ4v) is 1.55. The maximum atomic E-state index is 4.05. The van der Waals surface area contributed by atoms with Gasteiger partial charge >= 0.3 is 0 Å². The molecule has 0 aliphatic carbocycles. The normalized spacial score (nSPS) is 9.29. The third-order valence-corrected chi connectivity index (χ3v) is 2.62. The van der Waals surface area contributed by atoms with Gasteiger partial charge in [0, 0.05) is 21.6 Å². The van der Waals surface area contributed by atoms with E-state index in [1.54, 1.807) is 0 Å². The Balaban J connectivity index is 0. The fraction of sp³-hybridized carbons (Fsp3) is 0.500. The molecule has 0 bridgehead atoms. The van der Waals surface area contributed by atoms with E-state index in [0.717, 1.165) is 21.0 Å². The second kappa shape index (κ2) is 8.90. The minimum absolute atomic E-state index is 0. The van der Waals surface area contributed by atoms with Crippen LogP contribution in [0.25, 0.3) is 0 Å². The van der Waals surface area contributed by atoms with Gasteiger partial charge in [0.25, 0.3) is 0 Å². The summed E-state index contributed by atoms with van der Waals surface area (Å²) >= 11 is 0. The Hall–Kier alpha value is -0.680. The van der Waals surface area contributed by atoms with Crippen LogP contribution < -0.4 is 0 Å². The maximum absolute atomic E-state index is 4.05. The molecule has 1 aromatic carbocycles. The number of rotatable bonds is 3. The van der Waals surface area contributed by atoms with E-state index in [2.05, 4.69) is 35.9 Å². The third-order valence-electron chi connectivity index (χ3n) is 1.83. The highest BCUT2D eigenvalue weighted by molar-refractivity contribution is 7.25. The zero-order valence-electron chi connectivity index (χ0n) is 7.62. The van der Waals surface area contributed by atoms with Crippen LogP contribution >= 0.6 is 8.37 Å². The molecular formula is C12H22NP. The predicted octanol–water partition coefficient (Wildman–Crippen LogP) is 4.78. The smallest absolute Gasteiger partial charge is 0.0320 e. The van der Waals surface area contributed by atoms with Crippen LogP contribution in [0.2, 0.25) is 0 Å². The van der Waals surface area contributed by atoms with Crippen LogP contribution in [0.3, 0.4) is 0 Å². The van der Waals surface area contributed by atoms with Crippen LogP contribution in [0, 0.1) is 0 Å². The lowest BCUT2D eigenvalue weighted by molar-refractivity contribution is 1.13. The zero-order valence-corrected chi connectivity index (χ0v) is 8.51. The van der Waals surface area contributed by atoms with Crippen LogP contribution in [0.1, 0.15) is 32.9 Å². The summed E-state index contributed by atoms with van der Waals surface area (Å²) in [5, 5.41) is 0. The van der Waals surface area contributed by atoms with E-state index >= 15 is 0 Å². The molecule has 0 heterocycles. The van der Waals surface area contributed by atoms with Gasteiger partial charge in [0.05, 0.1) is 0 Å². The van der Waals surface area contributed by atoms with Gasteiger partial charge in [-0.15, -0.1) is 0 Å². The second-order valence-corrected chi connectivity index (χ2v) is 3.67. The molecule has 0 aliphatic heterocycles. The Labute approximate surface area is 90.5 Å². The molecule has 0 aromatic heterocycles. The lowest BCUT2D eigenvalue weighted by Gasteiger charge is -1.97. The number of aryl methyl sites for hydroxylation is 1. The Morgan fingerprint density at radius 1 is 1.07 bits per heavy atom. The van der Waals surface area contributed by atoms with Gasteiger partial charge in [0.1, 0.15) is 0 Å². The second-order valence-electron chi connectivity index (χ2n) is 2.67. The Morgan fingerprint density at radius 2 is 1.57 bits per heavy atom. The number of hydrogen-bond donors (Lipinski definition) is 0. The number of hydrogen-bond acceptors (Lipinski definition) is 1. The summed E-state index contributed by atoms with van der Waals surface area (Å²) < 4.78 is 4.05. The van der Waals surface area contributed by atoms with Crippen molar-refractivity contribution in [3.63, 3.8) is 0 Å². The van der Waals surface area contributed by atoms with Crippen LogP contribution in [0.4, 0.5) is 0 Å². The topological polar surface area (TPSA) is 12.4 Å². The maximum Gasteiger partial charge on any atom is 0.0320 e. The van der Waals surface area contributed by atoms with Crippen LogP contribution in [-0.4, -0.2) is 7.05 Å². The van der Waals surface area contributed by atoms with E-state index in [1.807, 2.05) is 7.05 Å². The van der Waals surface area contributed by atoms with Crippen molar-refractivity contribution >= 4 is 8.37 Å². The van der Waals surface area contributed by atoms with Crippen molar-refractivity contribution in [2.24, 2.45) is 4.74 Å². The first-order valence-corrected chi connectivity index (χ1v) is 5.23. The van der Waals surface area contributed by atoms with E-state index in [4.69, 9.17) is 0 Å². The molecule has 0 fully saturated rings. The molecule has 0 spiro atoms. The van der Waals surface area contributed by atoms with E-state index < -0.39 is 0 Å². The summed E-state index contributed by atoms with van der Waals surface area (Å²) in [7, 11) is 3.01. The van der Waals surface area contributed by atoms with Crippen molar-refractivity contribution in [3.05, 3.63) is 35.4 Å². The Kier molecular flexibility index (Phi) is 10.0. The van der Waals surface area contributed by atoms with Gasteiger partial charge < -0.3 is 0 Å². The molecule has 0 amide bonds. The molecule has 1 rings (SSSR count). The van der Waals surface area contributed by atoms with E-state index in [-0.39, 0.29) is 14.9 Å². The molecule has 0 atom stereocenters. The molecule has 1 nitrogen and oxygen atoms in total. The summed E-state index contributed by atoms with van der Waals surface area (Å²) in [5.74, 6) is 0. The van der Waals surface area contributed by atoms with Crippen molar-refractivity contribution in [2.45, 2.75) is 34.4 Å². The summed E-state index contributed by atoms with van der Waals surface area (Å²) in [6.45, 7) is 2.18. The van der Waals surface area contributed by atoms with Crippen LogP contribution in [0.5, 0.6) is 0 Å². The van der Waals surface area contributed by atoms with Gasteiger partial charge in [-0.25, -0.2) is 0 Å². The first-order valence-electron chi connectivity index (χ1n) is 4.20. The van der Waals surface area contributed by atoms with Crippen molar-refractivity contribution in [2.75, 3.05) is 7.05 Å².